The van der Waals surface area contributed by atoms with E-state index in [1.165, 1.54) is 30.2 Å². The van der Waals surface area contributed by atoms with Gasteiger partial charge >= 0.3 is 6.36 Å². The molecule has 0 aliphatic heterocycles. The SMILES string of the molecule is CC(=O)NCCN(C(=O)c1ccc(OC(F)(F)F)cc1)c1ccc(Br)cn1. The molecule has 0 aliphatic rings. The first-order valence-electron chi connectivity index (χ1n) is 7.69. The zero-order chi connectivity index (χ0) is 20.0. The van der Waals surface area contributed by atoms with E-state index < -0.39 is 18.0 Å². The van der Waals surface area contributed by atoms with Gasteiger partial charge in [-0.2, -0.15) is 0 Å². The largest absolute Gasteiger partial charge is 0.573 e. The third-order valence-corrected chi connectivity index (χ3v) is 3.75. The van der Waals surface area contributed by atoms with Gasteiger partial charge in [0.2, 0.25) is 5.91 Å². The molecule has 10 heteroatoms. The van der Waals surface area contributed by atoms with Crippen LogP contribution in [0.5, 0.6) is 5.75 Å². The predicted octanol–water partition coefficient (Wildman–Crippen LogP) is 3.53. The molecule has 27 heavy (non-hydrogen) atoms. The van der Waals surface area contributed by atoms with Crippen molar-refractivity contribution in [1.29, 1.82) is 0 Å². The number of alkyl halides is 3. The quantitative estimate of drug-likeness (QED) is 0.738. The number of rotatable bonds is 6. The molecular formula is C17H15BrF3N3O3. The maximum atomic E-state index is 12.8. The molecule has 0 unspecified atom stereocenters. The van der Waals surface area contributed by atoms with Crippen molar-refractivity contribution in [2.45, 2.75) is 13.3 Å². The standard InChI is InChI=1S/C17H15BrF3N3O3/c1-11(25)22-8-9-24(15-7-4-13(18)10-23-15)16(26)12-2-5-14(6-3-12)27-17(19,20)21/h2-7,10H,8-9H2,1H3,(H,22,25). The third kappa shape index (κ3) is 6.55. The van der Waals surface area contributed by atoms with Crippen LogP contribution < -0.4 is 15.0 Å². The number of amides is 2. The first-order valence-corrected chi connectivity index (χ1v) is 8.48. The Kier molecular flexibility index (Phi) is 6.78. The molecule has 6 nitrogen and oxygen atoms in total. The summed E-state index contributed by atoms with van der Waals surface area (Å²) >= 11 is 3.25. The van der Waals surface area contributed by atoms with E-state index in [4.69, 9.17) is 0 Å². The Morgan fingerprint density at radius 1 is 1.19 bits per heavy atom. The molecule has 1 aromatic heterocycles. The van der Waals surface area contributed by atoms with Gasteiger partial charge in [0.25, 0.3) is 5.91 Å². The lowest BCUT2D eigenvalue weighted by Crippen LogP contribution is -2.38. The molecule has 0 radical (unpaired) electrons. The van der Waals surface area contributed by atoms with Gasteiger partial charge in [-0.15, -0.1) is 13.2 Å². The fourth-order valence-electron chi connectivity index (χ4n) is 2.15. The Labute approximate surface area is 161 Å². The molecule has 1 N–H and O–H groups in total. The molecule has 2 aromatic rings. The molecule has 144 valence electrons. The number of halogens is 4. The minimum atomic E-state index is -4.81. The Hall–Kier alpha value is -2.62. The topological polar surface area (TPSA) is 71.5 Å². The van der Waals surface area contributed by atoms with E-state index in [0.717, 1.165) is 12.1 Å². The zero-order valence-electron chi connectivity index (χ0n) is 14.1. The average molecular weight is 446 g/mol. The van der Waals surface area contributed by atoms with Crippen molar-refractivity contribution in [1.82, 2.24) is 10.3 Å². The second-order valence-corrected chi connectivity index (χ2v) is 6.26. The molecule has 0 spiro atoms. The molecule has 2 rings (SSSR count). The van der Waals surface area contributed by atoms with E-state index in [1.54, 1.807) is 12.1 Å². The van der Waals surface area contributed by atoms with E-state index in [2.05, 4.69) is 31.0 Å². The summed E-state index contributed by atoms with van der Waals surface area (Å²) in [4.78, 5) is 29.3. The molecule has 0 fully saturated rings. The molecule has 0 atom stereocenters. The number of carbonyl (C=O) groups excluding carboxylic acids is 2. The molecular weight excluding hydrogens is 431 g/mol. The van der Waals surface area contributed by atoms with Crippen LogP contribution in [0.4, 0.5) is 19.0 Å². The number of ether oxygens (including phenoxy) is 1. The highest BCUT2D eigenvalue weighted by molar-refractivity contribution is 9.10. The summed E-state index contributed by atoms with van der Waals surface area (Å²) in [5, 5.41) is 2.58. The Morgan fingerprint density at radius 3 is 2.37 bits per heavy atom. The molecule has 1 heterocycles. The zero-order valence-corrected chi connectivity index (χ0v) is 15.7. The summed E-state index contributed by atoms with van der Waals surface area (Å²) in [7, 11) is 0. The van der Waals surface area contributed by atoms with E-state index in [-0.39, 0.29) is 24.6 Å². The van der Waals surface area contributed by atoms with Gasteiger partial charge in [-0.05, 0) is 52.3 Å². The van der Waals surface area contributed by atoms with Crippen molar-refractivity contribution in [3.8, 4) is 5.75 Å². The lowest BCUT2D eigenvalue weighted by molar-refractivity contribution is -0.274. The van der Waals surface area contributed by atoms with Gasteiger partial charge in [0, 0.05) is 36.2 Å². The van der Waals surface area contributed by atoms with E-state index >= 15 is 0 Å². The first-order chi connectivity index (χ1) is 12.7. The Morgan fingerprint density at radius 2 is 1.85 bits per heavy atom. The minimum absolute atomic E-state index is 0.133. The van der Waals surface area contributed by atoms with Crippen LogP contribution in [0.2, 0.25) is 0 Å². The summed E-state index contributed by atoms with van der Waals surface area (Å²) < 4.78 is 41.2. The van der Waals surface area contributed by atoms with Gasteiger partial charge in [0.1, 0.15) is 11.6 Å². The summed E-state index contributed by atoms with van der Waals surface area (Å²) in [6.07, 6.45) is -3.30. The fraction of sp³-hybridized carbons (Fsp3) is 0.235. The van der Waals surface area contributed by atoms with Crippen LogP contribution in [0.3, 0.4) is 0 Å². The summed E-state index contributed by atoms with van der Waals surface area (Å²) in [6, 6.07) is 7.88. The number of carbonyl (C=O) groups is 2. The van der Waals surface area contributed by atoms with Crippen LogP contribution in [0.25, 0.3) is 0 Å². The number of nitrogens with one attached hydrogen (secondary N) is 1. The van der Waals surface area contributed by atoms with E-state index in [9.17, 15) is 22.8 Å². The predicted molar refractivity (Wildman–Crippen MR) is 95.4 cm³/mol. The smallest absolute Gasteiger partial charge is 0.406 e. The molecule has 0 bridgehead atoms. The maximum absolute atomic E-state index is 12.8. The molecule has 2 amide bonds. The second-order valence-electron chi connectivity index (χ2n) is 5.35. The summed E-state index contributed by atoms with van der Waals surface area (Å²) in [5.74, 6) is -0.816. The lowest BCUT2D eigenvalue weighted by atomic mass is 10.2. The number of aromatic nitrogens is 1. The van der Waals surface area contributed by atoms with Crippen LogP contribution >= 0.6 is 15.9 Å². The van der Waals surface area contributed by atoms with Crippen molar-refractivity contribution in [3.63, 3.8) is 0 Å². The van der Waals surface area contributed by atoms with Gasteiger partial charge in [-0.1, -0.05) is 0 Å². The highest BCUT2D eigenvalue weighted by atomic mass is 79.9. The first kappa shape index (κ1) is 20.7. The molecule has 1 aromatic carbocycles. The Bertz CT molecular complexity index is 796. The average Bonchev–Trinajstić information content (AvgIpc) is 2.58. The monoisotopic (exact) mass is 445 g/mol. The third-order valence-electron chi connectivity index (χ3n) is 3.28. The van der Waals surface area contributed by atoms with Gasteiger partial charge in [-0.3, -0.25) is 14.5 Å². The van der Waals surface area contributed by atoms with Gasteiger partial charge < -0.3 is 10.1 Å². The van der Waals surface area contributed by atoms with Gasteiger partial charge in [-0.25, -0.2) is 4.98 Å². The molecule has 0 saturated carbocycles. The minimum Gasteiger partial charge on any atom is -0.406 e. The lowest BCUT2D eigenvalue weighted by Gasteiger charge is -2.22. The van der Waals surface area contributed by atoms with Crippen LogP contribution in [-0.2, 0) is 4.79 Å². The molecule has 0 saturated heterocycles. The van der Waals surface area contributed by atoms with Crippen LogP contribution in [0.1, 0.15) is 17.3 Å². The normalized spacial score (nSPS) is 11.0. The van der Waals surface area contributed by atoms with Gasteiger partial charge in [0.05, 0.1) is 0 Å². The second kappa shape index (κ2) is 8.85. The van der Waals surface area contributed by atoms with E-state index in [0.29, 0.717) is 10.3 Å². The summed E-state index contributed by atoms with van der Waals surface area (Å²) in [6.45, 7) is 1.67. The number of nitrogens with zero attached hydrogens (tertiary/aromatic N) is 2. The van der Waals surface area contributed by atoms with E-state index in [1.807, 2.05) is 0 Å². The number of benzene rings is 1. The van der Waals surface area contributed by atoms with Crippen molar-refractivity contribution in [3.05, 3.63) is 52.6 Å². The highest BCUT2D eigenvalue weighted by Crippen LogP contribution is 2.24. The maximum Gasteiger partial charge on any atom is 0.573 e. The fourth-order valence-corrected chi connectivity index (χ4v) is 2.38. The van der Waals surface area contributed by atoms with Crippen molar-refractivity contribution < 1.29 is 27.5 Å². The van der Waals surface area contributed by atoms with Crippen molar-refractivity contribution in [2.24, 2.45) is 0 Å². The Balaban J connectivity index is 2.21. The molecule has 0 aliphatic carbocycles. The van der Waals surface area contributed by atoms with Crippen LogP contribution in [0.15, 0.2) is 47.1 Å². The van der Waals surface area contributed by atoms with Crippen LogP contribution in [-0.4, -0.2) is 36.3 Å². The van der Waals surface area contributed by atoms with Crippen molar-refractivity contribution in [2.75, 3.05) is 18.0 Å². The number of hydrogen-bond donors (Lipinski definition) is 1. The van der Waals surface area contributed by atoms with Gasteiger partial charge in [0.15, 0.2) is 0 Å². The number of pyridine rings is 1. The number of hydrogen-bond acceptors (Lipinski definition) is 4. The summed E-state index contributed by atoms with van der Waals surface area (Å²) in [5.41, 5.74) is 0.150. The number of anilines is 1. The highest BCUT2D eigenvalue weighted by Gasteiger charge is 2.31. The van der Waals surface area contributed by atoms with Crippen LogP contribution in [0, 0.1) is 0 Å². The van der Waals surface area contributed by atoms with Crippen molar-refractivity contribution >= 4 is 33.6 Å².